The van der Waals surface area contributed by atoms with Crippen molar-refractivity contribution in [2.75, 3.05) is 13.7 Å². The minimum absolute atomic E-state index is 0. The number of carboxylic acids is 1. The van der Waals surface area contributed by atoms with Crippen LogP contribution in [0.25, 0.3) is 0 Å². The Balaban J connectivity index is 0. The fourth-order valence-electron chi connectivity index (χ4n) is 0.991. The monoisotopic (exact) mass is 211 g/mol. The van der Waals surface area contributed by atoms with Crippen molar-refractivity contribution in [3.8, 4) is 0 Å². The summed E-state index contributed by atoms with van der Waals surface area (Å²) in [4.78, 5) is 10.7. The van der Waals surface area contributed by atoms with Crippen molar-refractivity contribution in [2.45, 2.75) is 31.7 Å². The molecule has 1 atom stereocenters. The molecule has 0 aromatic rings. The van der Waals surface area contributed by atoms with E-state index in [1.54, 1.807) is 0 Å². The third-order valence-electron chi connectivity index (χ3n) is 1.80. The Morgan fingerprint density at radius 2 is 2.15 bits per heavy atom. The molecule has 0 heterocycles. The Morgan fingerprint density at radius 3 is 2.46 bits per heavy atom. The second kappa shape index (κ2) is 7.12. The van der Waals surface area contributed by atoms with Gasteiger partial charge in [-0.05, 0) is 6.42 Å². The number of carboxylic acid groups (broad SMARTS) is 1. The van der Waals surface area contributed by atoms with Gasteiger partial charge in [0.15, 0.2) is 0 Å². The topological polar surface area (TPSA) is 72.5 Å². The van der Waals surface area contributed by atoms with E-state index in [0.717, 1.165) is 12.8 Å². The van der Waals surface area contributed by atoms with E-state index in [-0.39, 0.29) is 19.0 Å². The summed E-state index contributed by atoms with van der Waals surface area (Å²) in [5.41, 5.74) is 4.41. The molecule has 0 aliphatic carbocycles. The zero-order chi connectivity index (χ0) is 9.61. The molecule has 13 heavy (non-hydrogen) atoms. The Labute approximate surface area is 84.9 Å². The molecular weight excluding hydrogens is 194 g/mol. The molecule has 0 rings (SSSR count). The van der Waals surface area contributed by atoms with E-state index in [0.29, 0.717) is 6.42 Å². The van der Waals surface area contributed by atoms with Gasteiger partial charge < -0.3 is 15.6 Å². The summed E-state index contributed by atoms with van der Waals surface area (Å²) in [7, 11) is 1.45. The Kier molecular flexibility index (Phi) is 8.30. The molecule has 0 spiro atoms. The summed E-state index contributed by atoms with van der Waals surface area (Å²) in [6.45, 7) is 2.07. The van der Waals surface area contributed by atoms with Crippen molar-refractivity contribution in [3.63, 3.8) is 0 Å². The molecule has 3 N–H and O–H groups in total. The fraction of sp³-hybridized carbons (Fsp3) is 0.875. The van der Waals surface area contributed by atoms with Crippen molar-refractivity contribution in [2.24, 2.45) is 5.73 Å². The zero-order valence-electron chi connectivity index (χ0n) is 8.08. The second-order valence-electron chi connectivity index (χ2n) is 3.00. The Hall–Kier alpha value is -0.320. The summed E-state index contributed by atoms with van der Waals surface area (Å²) in [5.74, 6) is -0.988. The molecule has 0 saturated heterocycles. The molecule has 80 valence electrons. The number of ether oxygens (including phenoxy) is 1. The van der Waals surface area contributed by atoms with Crippen LogP contribution in [0.2, 0.25) is 0 Å². The van der Waals surface area contributed by atoms with Crippen LogP contribution in [0.15, 0.2) is 0 Å². The van der Waals surface area contributed by atoms with Gasteiger partial charge in [0.1, 0.15) is 5.54 Å². The van der Waals surface area contributed by atoms with Gasteiger partial charge in [-0.1, -0.05) is 19.8 Å². The molecule has 0 fully saturated rings. The van der Waals surface area contributed by atoms with Crippen molar-refractivity contribution >= 4 is 18.4 Å². The van der Waals surface area contributed by atoms with E-state index in [9.17, 15) is 4.79 Å². The first-order chi connectivity index (χ1) is 5.56. The number of rotatable bonds is 6. The molecule has 4 nitrogen and oxygen atoms in total. The zero-order valence-corrected chi connectivity index (χ0v) is 8.89. The van der Waals surface area contributed by atoms with Gasteiger partial charge in [-0.15, -0.1) is 12.4 Å². The average Bonchev–Trinajstić information content (AvgIpc) is 2.01. The van der Waals surface area contributed by atoms with E-state index >= 15 is 0 Å². The standard InChI is InChI=1S/C8H17NO3.ClH/c1-3-4-5-8(9,6-12-2)7(10)11;/h3-6,9H2,1-2H3,(H,10,11);1H. The number of aliphatic carboxylic acids is 1. The molecule has 1 unspecified atom stereocenters. The lowest BCUT2D eigenvalue weighted by atomic mass is 9.95. The maximum absolute atomic E-state index is 10.7. The van der Waals surface area contributed by atoms with Crippen LogP contribution in [0.1, 0.15) is 26.2 Å². The maximum atomic E-state index is 10.7. The number of methoxy groups -OCH3 is 1. The van der Waals surface area contributed by atoms with E-state index in [2.05, 4.69) is 0 Å². The molecule has 0 aromatic heterocycles. The van der Waals surface area contributed by atoms with Gasteiger partial charge in [0.25, 0.3) is 0 Å². The molecule has 0 bridgehead atoms. The Bertz CT molecular complexity index is 154. The van der Waals surface area contributed by atoms with Crippen LogP contribution in [-0.2, 0) is 9.53 Å². The highest BCUT2D eigenvalue weighted by Crippen LogP contribution is 2.11. The summed E-state index contributed by atoms with van der Waals surface area (Å²) in [6, 6.07) is 0. The molecule has 0 aliphatic heterocycles. The van der Waals surface area contributed by atoms with Gasteiger partial charge in [0, 0.05) is 7.11 Å². The minimum Gasteiger partial charge on any atom is -0.480 e. The normalized spacial score (nSPS) is 14.4. The van der Waals surface area contributed by atoms with Crippen LogP contribution >= 0.6 is 12.4 Å². The number of hydrogen-bond acceptors (Lipinski definition) is 3. The number of hydrogen-bond donors (Lipinski definition) is 2. The first-order valence-electron chi connectivity index (χ1n) is 4.08. The van der Waals surface area contributed by atoms with Gasteiger partial charge in [0.2, 0.25) is 0 Å². The quantitative estimate of drug-likeness (QED) is 0.688. The summed E-state index contributed by atoms with van der Waals surface area (Å²) < 4.78 is 4.76. The van der Waals surface area contributed by atoms with Crippen molar-refractivity contribution in [1.29, 1.82) is 0 Å². The minimum atomic E-state index is -1.20. The molecule has 0 radical (unpaired) electrons. The molecular formula is C8H18ClNO3. The predicted octanol–water partition coefficient (Wildman–Crippen LogP) is 1.03. The highest BCUT2D eigenvalue weighted by Gasteiger charge is 2.32. The van der Waals surface area contributed by atoms with Crippen LogP contribution < -0.4 is 5.73 Å². The van der Waals surface area contributed by atoms with E-state index in [4.69, 9.17) is 15.6 Å². The molecule has 5 heteroatoms. The molecule has 0 saturated carbocycles. The van der Waals surface area contributed by atoms with E-state index in [1.807, 2.05) is 6.92 Å². The van der Waals surface area contributed by atoms with Crippen molar-refractivity contribution in [3.05, 3.63) is 0 Å². The molecule has 0 amide bonds. The third-order valence-corrected chi connectivity index (χ3v) is 1.80. The summed E-state index contributed by atoms with van der Waals surface area (Å²) >= 11 is 0. The lowest BCUT2D eigenvalue weighted by Crippen LogP contribution is -2.51. The summed E-state index contributed by atoms with van der Waals surface area (Å²) in [5, 5.41) is 8.79. The smallest absolute Gasteiger partial charge is 0.326 e. The van der Waals surface area contributed by atoms with Gasteiger partial charge in [-0.25, -0.2) is 0 Å². The van der Waals surface area contributed by atoms with Gasteiger partial charge in [-0.3, -0.25) is 4.79 Å². The number of carbonyl (C=O) groups is 1. The maximum Gasteiger partial charge on any atom is 0.326 e. The second-order valence-corrected chi connectivity index (χ2v) is 3.00. The van der Waals surface area contributed by atoms with E-state index in [1.165, 1.54) is 7.11 Å². The Morgan fingerprint density at radius 1 is 1.62 bits per heavy atom. The van der Waals surface area contributed by atoms with Gasteiger partial charge in [-0.2, -0.15) is 0 Å². The first kappa shape index (κ1) is 15.2. The lowest BCUT2D eigenvalue weighted by molar-refractivity contribution is -0.145. The predicted molar refractivity (Wildman–Crippen MR) is 53.2 cm³/mol. The molecule has 0 aromatic carbocycles. The number of halogens is 1. The average molecular weight is 212 g/mol. The van der Waals surface area contributed by atoms with Crippen LogP contribution in [0.3, 0.4) is 0 Å². The highest BCUT2D eigenvalue weighted by atomic mass is 35.5. The SMILES string of the molecule is CCCCC(N)(COC)C(=O)O.Cl. The third kappa shape index (κ3) is 5.08. The van der Waals surface area contributed by atoms with Crippen LogP contribution in [-0.4, -0.2) is 30.3 Å². The number of nitrogens with two attached hydrogens (primary N) is 1. The highest BCUT2D eigenvalue weighted by molar-refractivity contribution is 5.85. The van der Waals surface area contributed by atoms with E-state index < -0.39 is 11.5 Å². The lowest BCUT2D eigenvalue weighted by Gasteiger charge is -2.23. The van der Waals surface area contributed by atoms with Crippen LogP contribution in [0, 0.1) is 0 Å². The van der Waals surface area contributed by atoms with Crippen molar-refractivity contribution in [1.82, 2.24) is 0 Å². The first-order valence-corrected chi connectivity index (χ1v) is 4.08. The van der Waals surface area contributed by atoms with Crippen molar-refractivity contribution < 1.29 is 14.6 Å². The molecule has 0 aliphatic rings. The van der Waals surface area contributed by atoms with Crippen LogP contribution in [0.5, 0.6) is 0 Å². The van der Waals surface area contributed by atoms with Gasteiger partial charge >= 0.3 is 5.97 Å². The van der Waals surface area contributed by atoms with Gasteiger partial charge in [0.05, 0.1) is 6.61 Å². The van der Waals surface area contributed by atoms with Crippen LogP contribution in [0.4, 0.5) is 0 Å². The number of unbranched alkanes of at least 4 members (excludes halogenated alkanes) is 1. The summed E-state index contributed by atoms with van der Waals surface area (Å²) in [6.07, 6.45) is 2.22. The fourth-order valence-corrected chi connectivity index (χ4v) is 0.991. The largest absolute Gasteiger partial charge is 0.480 e.